The summed E-state index contributed by atoms with van der Waals surface area (Å²) in [5, 5.41) is 5.14. The van der Waals surface area contributed by atoms with E-state index in [1.165, 1.54) is 6.92 Å². The van der Waals surface area contributed by atoms with Crippen LogP contribution in [-0.2, 0) is 11.0 Å². The Balaban J connectivity index is 2.97. The molecule has 0 aliphatic heterocycles. The average Bonchev–Trinajstić information content (AvgIpc) is 2.37. The molecule has 6 nitrogen and oxygen atoms in total. The van der Waals surface area contributed by atoms with Crippen molar-refractivity contribution in [2.45, 2.75) is 26.1 Å². The van der Waals surface area contributed by atoms with Crippen LogP contribution in [0.3, 0.4) is 0 Å². The molecule has 0 radical (unpaired) electrons. The third kappa shape index (κ3) is 4.26. The summed E-state index contributed by atoms with van der Waals surface area (Å²) in [4.78, 5) is 15.3. The van der Waals surface area contributed by atoms with Gasteiger partial charge >= 0.3 is 6.18 Å². The molecule has 1 aromatic heterocycles. The van der Waals surface area contributed by atoms with Crippen molar-refractivity contribution in [3.05, 3.63) is 17.7 Å². The number of amides is 1. The van der Waals surface area contributed by atoms with Gasteiger partial charge in [0.05, 0.1) is 5.56 Å². The third-order valence-electron chi connectivity index (χ3n) is 2.41. The number of carbonyl (C=O) groups excluding carboxylic acids is 1. The Morgan fingerprint density at radius 1 is 1.40 bits per heavy atom. The molecule has 5 N–H and O–H groups in total. The summed E-state index contributed by atoms with van der Waals surface area (Å²) in [6.07, 6.45) is -4.53. The topological polar surface area (TPSA) is 92.1 Å². The number of alkyl halides is 3. The number of nitrogens with zero attached hydrogens (tertiary/aromatic N) is 1. The molecule has 1 atom stereocenters. The fraction of sp³-hybridized carbons (Fsp3) is 0.455. The number of halogens is 3. The van der Waals surface area contributed by atoms with Crippen molar-refractivity contribution in [1.82, 2.24) is 10.3 Å². The predicted molar refractivity (Wildman–Crippen MR) is 68.8 cm³/mol. The molecule has 20 heavy (non-hydrogen) atoms. The summed E-state index contributed by atoms with van der Waals surface area (Å²) >= 11 is 0. The summed E-state index contributed by atoms with van der Waals surface area (Å²) < 4.78 is 38.1. The Morgan fingerprint density at radius 3 is 2.50 bits per heavy atom. The zero-order chi connectivity index (χ0) is 15.3. The van der Waals surface area contributed by atoms with Crippen molar-refractivity contribution >= 4 is 17.5 Å². The Hall–Kier alpha value is -2.03. The minimum atomic E-state index is -4.53. The highest BCUT2D eigenvalue weighted by atomic mass is 19.4. The zero-order valence-electron chi connectivity index (χ0n) is 11.0. The highest BCUT2D eigenvalue weighted by Gasteiger charge is 2.32. The molecule has 0 saturated carbocycles. The summed E-state index contributed by atoms with van der Waals surface area (Å²) in [5.41, 5.74) is 1.14. The second kappa shape index (κ2) is 6.42. The van der Waals surface area contributed by atoms with Gasteiger partial charge in [-0.25, -0.2) is 10.8 Å². The van der Waals surface area contributed by atoms with Gasteiger partial charge in [0, 0.05) is 6.54 Å². The van der Waals surface area contributed by atoms with Gasteiger partial charge in [0.15, 0.2) is 0 Å². The first-order chi connectivity index (χ1) is 9.27. The number of nitrogens with one attached hydrogen (secondary N) is 3. The van der Waals surface area contributed by atoms with Crippen molar-refractivity contribution in [3.8, 4) is 0 Å². The first-order valence-electron chi connectivity index (χ1n) is 5.88. The monoisotopic (exact) mass is 291 g/mol. The Kier molecular flexibility index (Phi) is 5.14. The number of nitrogen functional groups attached to an aromatic ring is 1. The molecule has 1 heterocycles. The van der Waals surface area contributed by atoms with Gasteiger partial charge in [-0.15, -0.1) is 0 Å². The van der Waals surface area contributed by atoms with E-state index in [-0.39, 0.29) is 17.5 Å². The summed E-state index contributed by atoms with van der Waals surface area (Å²) in [5.74, 6) is 4.50. The lowest BCUT2D eigenvalue weighted by Crippen LogP contribution is -2.37. The van der Waals surface area contributed by atoms with E-state index in [0.717, 1.165) is 12.1 Å². The molecular weight excluding hydrogens is 275 g/mol. The quantitative estimate of drug-likeness (QED) is 0.485. The van der Waals surface area contributed by atoms with E-state index in [0.29, 0.717) is 6.54 Å². The second-order valence-electron chi connectivity index (χ2n) is 4.03. The van der Waals surface area contributed by atoms with Crippen LogP contribution >= 0.6 is 0 Å². The zero-order valence-corrected chi connectivity index (χ0v) is 11.0. The molecule has 1 amide bonds. The smallest absolute Gasteiger partial charge is 0.359 e. The van der Waals surface area contributed by atoms with Gasteiger partial charge < -0.3 is 16.1 Å². The Morgan fingerprint density at radius 2 is 2.00 bits per heavy atom. The van der Waals surface area contributed by atoms with Crippen LogP contribution < -0.4 is 21.9 Å². The van der Waals surface area contributed by atoms with E-state index in [2.05, 4.69) is 21.0 Å². The van der Waals surface area contributed by atoms with Gasteiger partial charge in [0.25, 0.3) is 0 Å². The van der Waals surface area contributed by atoms with E-state index in [1.807, 2.05) is 0 Å². The number of aromatic nitrogens is 1. The molecule has 9 heteroatoms. The maximum atomic E-state index is 12.7. The lowest BCUT2D eigenvalue weighted by molar-refractivity contribution is -0.137. The van der Waals surface area contributed by atoms with Crippen molar-refractivity contribution in [3.63, 3.8) is 0 Å². The number of nitrogens with two attached hydrogens (primary N) is 1. The second-order valence-corrected chi connectivity index (χ2v) is 4.03. The molecule has 0 aliphatic rings. The number of hydrazine groups is 1. The number of anilines is 2. The number of hydrogen-bond acceptors (Lipinski definition) is 5. The van der Waals surface area contributed by atoms with Crippen LogP contribution in [0.25, 0.3) is 0 Å². The maximum Gasteiger partial charge on any atom is 0.416 e. The summed E-state index contributed by atoms with van der Waals surface area (Å²) in [7, 11) is 0. The number of carbonyl (C=O) groups is 1. The molecule has 0 saturated heterocycles. The highest BCUT2D eigenvalue weighted by molar-refractivity contribution is 5.83. The molecule has 0 fully saturated rings. The largest absolute Gasteiger partial charge is 0.416 e. The van der Waals surface area contributed by atoms with Gasteiger partial charge in [-0.05, 0) is 26.0 Å². The summed E-state index contributed by atoms with van der Waals surface area (Å²) in [6.45, 7) is 3.68. The number of pyridine rings is 1. The van der Waals surface area contributed by atoms with E-state index in [4.69, 9.17) is 5.84 Å². The predicted octanol–water partition coefficient (Wildman–Crippen LogP) is 1.32. The van der Waals surface area contributed by atoms with E-state index < -0.39 is 17.8 Å². The molecule has 1 unspecified atom stereocenters. The van der Waals surface area contributed by atoms with Crippen LogP contribution in [0, 0.1) is 0 Å². The lowest BCUT2D eigenvalue weighted by atomic mass is 10.2. The van der Waals surface area contributed by atoms with Crippen LogP contribution in [-0.4, -0.2) is 23.5 Å². The minimum Gasteiger partial charge on any atom is -0.359 e. The molecule has 112 valence electrons. The van der Waals surface area contributed by atoms with Crippen molar-refractivity contribution < 1.29 is 18.0 Å². The molecule has 0 spiro atoms. The van der Waals surface area contributed by atoms with Crippen molar-refractivity contribution in [1.29, 1.82) is 0 Å². The summed E-state index contributed by atoms with van der Waals surface area (Å²) in [6, 6.07) is 0.870. The molecule has 1 aromatic rings. The first kappa shape index (κ1) is 16.0. The SMILES string of the molecule is CCNC(=O)C(C)Nc1cc(C(F)(F)F)cc(NN)n1. The van der Waals surface area contributed by atoms with E-state index >= 15 is 0 Å². The maximum absolute atomic E-state index is 12.7. The number of likely N-dealkylation sites (N-methyl/N-ethyl adjacent to an activating group) is 1. The third-order valence-corrected chi connectivity index (χ3v) is 2.41. The van der Waals surface area contributed by atoms with Crippen LogP contribution in [0.2, 0.25) is 0 Å². The fourth-order valence-electron chi connectivity index (χ4n) is 1.46. The fourth-order valence-corrected chi connectivity index (χ4v) is 1.46. The van der Waals surface area contributed by atoms with Gasteiger partial charge in [-0.1, -0.05) is 0 Å². The van der Waals surface area contributed by atoms with Crippen LogP contribution in [0.15, 0.2) is 12.1 Å². The molecule has 1 rings (SSSR count). The van der Waals surface area contributed by atoms with Crippen LogP contribution in [0.1, 0.15) is 19.4 Å². The lowest BCUT2D eigenvalue weighted by Gasteiger charge is -2.16. The highest BCUT2D eigenvalue weighted by Crippen LogP contribution is 2.31. The van der Waals surface area contributed by atoms with Gasteiger partial charge in [-0.3, -0.25) is 4.79 Å². The molecule has 0 bridgehead atoms. The van der Waals surface area contributed by atoms with Crippen LogP contribution in [0.4, 0.5) is 24.8 Å². The van der Waals surface area contributed by atoms with Gasteiger partial charge in [-0.2, -0.15) is 13.2 Å². The van der Waals surface area contributed by atoms with Gasteiger partial charge in [0.2, 0.25) is 5.91 Å². The first-order valence-corrected chi connectivity index (χ1v) is 5.88. The van der Waals surface area contributed by atoms with E-state index in [1.54, 1.807) is 6.92 Å². The van der Waals surface area contributed by atoms with E-state index in [9.17, 15) is 18.0 Å². The molecule has 0 aliphatic carbocycles. The Bertz CT molecular complexity index is 478. The van der Waals surface area contributed by atoms with Crippen molar-refractivity contribution in [2.75, 3.05) is 17.3 Å². The minimum absolute atomic E-state index is 0.0912. The Labute approximate surface area is 113 Å². The average molecular weight is 291 g/mol. The van der Waals surface area contributed by atoms with Crippen molar-refractivity contribution in [2.24, 2.45) is 5.84 Å². The number of hydrogen-bond donors (Lipinski definition) is 4. The molecule has 0 aromatic carbocycles. The molecular formula is C11H16F3N5O. The van der Waals surface area contributed by atoms with Crippen LogP contribution in [0.5, 0.6) is 0 Å². The standard InChI is InChI=1S/C11H16F3N5O/c1-3-16-10(20)6(2)17-8-4-7(11(12,13)14)5-9(18-8)19-15/h4-6H,3,15H2,1-2H3,(H,16,20)(H2,17,18,19). The number of rotatable bonds is 5. The normalized spacial score (nSPS) is 12.7. The van der Waals surface area contributed by atoms with Gasteiger partial charge in [0.1, 0.15) is 17.7 Å².